The number of carbonyl (C=O) groups excluding carboxylic acids is 3. The molecule has 0 radical (unpaired) electrons. The highest BCUT2D eigenvalue weighted by Crippen LogP contribution is 2.14. The minimum atomic E-state index is -0.818. The van der Waals surface area contributed by atoms with Crippen molar-refractivity contribution >= 4 is 17.9 Å². The van der Waals surface area contributed by atoms with Gasteiger partial charge < -0.3 is 14.2 Å². The molecule has 0 aliphatic heterocycles. The Hall–Kier alpha value is -3.67. The fraction of sp³-hybridized carbons (Fsp3) is 0.678. The fourth-order valence-corrected chi connectivity index (χ4v) is 7.16. The van der Waals surface area contributed by atoms with Gasteiger partial charge in [-0.05, 0) is 83.5 Å². The van der Waals surface area contributed by atoms with E-state index in [9.17, 15) is 14.4 Å². The number of rotatable bonds is 47. The third kappa shape index (κ3) is 51.2. The summed E-state index contributed by atoms with van der Waals surface area (Å²) in [6.07, 6.45) is 69.7. The lowest BCUT2D eigenvalue weighted by atomic mass is 10.1. The fourth-order valence-electron chi connectivity index (χ4n) is 7.16. The van der Waals surface area contributed by atoms with Crippen LogP contribution in [0.3, 0.4) is 0 Å². The predicted molar refractivity (Wildman–Crippen MR) is 279 cm³/mol. The monoisotopic (exact) mass is 903 g/mol. The molecule has 0 aliphatic carbocycles. The van der Waals surface area contributed by atoms with Crippen LogP contribution in [0.25, 0.3) is 0 Å². The second-order valence-electron chi connectivity index (χ2n) is 17.5. The molecule has 0 aliphatic rings. The number of esters is 3. The lowest BCUT2D eigenvalue weighted by Gasteiger charge is -2.18. The summed E-state index contributed by atoms with van der Waals surface area (Å²) in [5.74, 6) is -1.01. The van der Waals surface area contributed by atoms with E-state index in [4.69, 9.17) is 14.2 Å². The molecule has 0 fully saturated rings. The molecular formula is C59H98O6. The maximum atomic E-state index is 12.8. The maximum Gasteiger partial charge on any atom is 0.306 e. The van der Waals surface area contributed by atoms with Crippen LogP contribution < -0.4 is 0 Å². The highest BCUT2D eigenvalue weighted by atomic mass is 16.6. The van der Waals surface area contributed by atoms with Crippen molar-refractivity contribution in [1.29, 1.82) is 0 Å². The Bertz CT molecular complexity index is 1310. The first-order chi connectivity index (χ1) is 32.0. The highest BCUT2D eigenvalue weighted by Gasteiger charge is 2.19. The van der Waals surface area contributed by atoms with Crippen LogP contribution in [0.4, 0.5) is 0 Å². The Morgan fingerprint density at radius 2 is 0.631 bits per heavy atom. The van der Waals surface area contributed by atoms with Crippen LogP contribution in [0.1, 0.15) is 239 Å². The lowest BCUT2D eigenvalue weighted by molar-refractivity contribution is -0.167. The molecule has 0 saturated heterocycles. The standard InChI is InChI=1S/C59H98O6/c1-4-7-10-13-16-19-22-25-27-29-30-32-34-37-40-43-46-49-52-58(61)64-55-56(54-63-57(60)51-48-45-42-39-36-33-24-21-18-15-12-9-6-3)65-59(62)53-50-47-44-41-38-35-31-28-26-23-20-17-14-11-8-5-2/h9,12,15,18,21,24,27-33,36,39,42,56H,4-8,10-11,13-14,16-17,19-20,22-23,25-26,34-35,37-38,40-41,43-55H2,1-3H3/b12-9-,18-15-,24-21-,29-27-,31-28-,32-30-,36-33-,42-39-. The second kappa shape index (κ2) is 52.9. The van der Waals surface area contributed by atoms with Gasteiger partial charge in [0, 0.05) is 19.3 Å². The zero-order valence-electron chi connectivity index (χ0n) is 42.2. The summed E-state index contributed by atoms with van der Waals surface area (Å²) in [5, 5.41) is 0. The first kappa shape index (κ1) is 61.3. The van der Waals surface area contributed by atoms with Gasteiger partial charge in [0.05, 0.1) is 0 Å². The van der Waals surface area contributed by atoms with Crippen LogP contribution in [0.15, 0.2) is 97.2 Å². The van der Waals surface area contributed by atoms with Gasteiger partial charge in [-0.1, -0.05) is 234 Å². The van der Waals surface area contributed by atoms with Gasteiger partial charge in [0.2, 0.25) is 0 Å². The van der Waals surface area contributed by atoms with E-state index in [0.717, 1.165) is 83.5 Å². The smallest absolute Gasteiger partial charge is 0.306 e. The van der Waals surface area contributed by atoms with Crippen LogP contribution >= 0.6 is 0 Å². The van der Waals surface area contributed by atoms with Crippen LogP contribution in [0.2, 0.25) is 0 Å². The minimum absolute atomic E-state index is 0.112. The van der Waals surface area contributed by atoms with Gasteiger partial charge in [-0.2, -0.15) is 0 Å². The molecule has 370 valence electrons. The van der Waals surface area contributed by atoms with E-state index in [2.05, 4.69) is 63.3 Å². The van der Waals surface area contributed by atoms with Crippen molar-refractivity contribution in [3.05, 3.63) is 97.2 Å². The Kier molecular flexibility index (Phi) is 50.0. The van der Waals surface area contributed by atoms with Gasteiger partial charge in [0.15, 0.2) is 6.10 Å². The van der Waals surface area contributed by atoms with Gasteiger partial charge >= 0.3 is 17.9 Å². The average Bonchev–Trinajstić information content (AvgIpc) is 3.30. The predicted octanol–water partition coefficient (Wildman–Crippen LogP) is 17.8. The van der Waals surface area contributed by atoms with Gasteiger partial charge in [0.25, 0.3) is 0 Å². The number of hydrogen-bond donors (Lipinski definition) is 0. The zero-order chi connectivity index (χ0) is 47.2. The molecule has 0 aromatic heterocycles. The number of hydrogen-bond acceptors (Lipinski definition) is 6. The van der Waals surface area contributed by atoms with E-state index in [0.29, 0.717) is 19.3 Å². The van der Waals surface area contributed by atoms with Crippen molar-refractivity contribution in [2.75, 3.05) is 13.2 Å². The summed E-state index contributed by atoms with van der Waals surface area (Å²) in [5.41, 5.74) is 0. The van der Waals surface area contributed by atoms with Gasteiger partial charge in [0.1, 0.15) is 13.2 Å². The summed E-state index contributed by atoms with van der Waals surface area (Å²) in [4.78, 5) is 38.0. The van der Waals surface area contributed by atoms with Crippen LogP contribution in [-0.2, 0) is 28.6 Å². The second-order valence-corrected chi connectivity index (χ2v) is 17.5. The molecule has 6 nitrogen and oxygen atoms in total. The molecule has 0 saturated carbocycles. The largest absolute Gasteiger partial charge is 0.462 e. The van der Waals surface area contributed by atoms with Gasteiger partial charge in [-0.15, -0.1) is 0 Å². The Balaban J connectivity index is 4.50. The highest BCUT2D eigenvalue weighted by molar-refractivity contribution is 5.71. The molecule has 1 atom stereocenters. The molecule has 0 N–H and O–H groups in total. The summed E-state index contributed by atoms with van der Waals surface area (Å²) >= 11 is 0. The molecule has 0 aromatic carbocycles. The zero-order valence-corrected chi connectivity index (χ0v) is 42.2. The number of unbranched alkanes of at least 4 members (excludes halogenated alkanes) is 25. The summed E-state index contributed by atoms with van der Waals surface area (Å²) in [7, 11) is 0. The third-order valence-electron chi connectivity index (χ3n) is 11.2. The van der Waals surface area contributed by atoms with E-state index in [1.165, 1.54) is 109 Å². The number of allylic oxidation sites excluding steroid dienone is 16. The molecule has 0 heterocycles. The molecule has 1 unspecified atom stereocenters. The third-order valence-corrected chi connectivity index (χ3v) is 11.2. The topological polar surface area (TPSA) is 78.9 Å². The van der Waals surface area contributed by atoms with Crippen molar-refractivity contribution in [2.45, 2.75) is 245 Å². The Labute approximate surface area is 400 Å². The van der Waals surface area contributed by atoms with Crippen molar-refractivity contribution in [3.63, 3.8) is 0 Å². The normalized spacial score (nSPS) is 12.8. The SMILES string of the molecule is CC\C=C/C=C\C=C/C=C\C=C/CCCC(=O)OCC(COC(=O)CCCCCCC/C=C\C=C/CCCCCCCCC)OC(=O)CCCCCCC/C=C\CCCCCCCCC. The maximum absolute atomic E-state index is 12.8. The van der Waals surface area contributed by atoms with Crippen LogP contribution in [-0.4, -0.2) is 37.2 Å². The van der Waals surface area contributed by atoms with E-state index >= 15 is 0 Å². The van der Waals surface area contributed by atoms with Gasteiger partial charge in [-0.25, -0.2) is 0 Å². The molecule has 0 rings (SSSR count). The molecular weight excluding hydrogens is 805 g/mol. The molecule has 65 heavy (non-hydrogen) atoms. The molecule has 0 spiro atoms. The van der Waals surface area contributed by atoms with E-state index < -0.39 is 6.10 Å². The first-order valence-electron chi connectivity index (χ1n) is 26.8. The van der Waals surface area contributed by atoms with Crippen molar-refractivity contribution in [2.24, 2.45) is 0 Å². The van der Waals surface area contributed by atoms with Crippen molar-refractivity contribution in [3.8, 4) is 0 Å². The first-order valence-corrected chi connectivity index (χ1v) is 26.8. The minimum Gasteiger partial charge on any atom is -0.462 e. The lowest BCUT2D eigenvalue weighted by Crippen LogP contribution is -2.30. The van der Waals surface area contributed by atoms with Crippen molar-refractivity contribution < 1.29 is 28.6 Å². The average molecular weight is 903 g/mol. The van der Waals surface area contributed by atoms with E-state index in [1.807, 2.05) is 54.7 Å². The van der Waals surface area contributed by atoms with Crippen molar-refractivity contribution in [1.82, 2.24) is 0 Å². The Morgan fingerprint density at radius 1 is 0.323 bits per heavy atom. The van der Waals surface area contributed by atoms with Crippen LogP contribution in [0.5, 0.6) is 0 Å². The molecule has 0 aromatic rings. The molecule has 0 bridgehead atoms. The quantitative estimate of drug-likeness (QED) is 0.0199. The summed E-state index contributed by atoms with van der Waals surface area (Å²) in [6, 6.07) is 0. The van der Waals surface area contributed by atoms with E-state index in [1.54, 1.807) is 0 Å². The Morgan fingerprint density at radius 3 is 1.06 bits per heavy atom. The number of ether oxygens (including phenoxy) is 3. The van der Waals surface area contributed by atoms with E-state index in [-0.39, 0.29) is 37.5 Å². The number of carbonyl (C=O) groups is 3. The van der Waals surface area contributed by atoms with Crippen LogP contribution in [0, 0.1) is 0 Å². The summed E-state index contributed by atoms with van der Waals surface area (Å²) < 4.78 is 16.7. The molecule has 0 amide bonds. The van der Waals surface area contributed by atoms with Gasteiger partial charge in [-0.3, -0.25) is 14.4 Å². The summed E-state index contributed by atoms with van der Waals surface area (Å²) in [6.45, 7) is 6.40. The molecule has 6 heteroatoms.